The summed E-state index contributed by atoms with van der Waals surface area (Å²) in [5, 5.41) is 0. The van der Waals surface area contributed by atoms with Crippen LogP contribution >= 0.6 is 7.82 Å². The maximum absolute atomic E-state index is 10.2. The summed E-state index contributed by atoms with van der Waals surface area (Å²) in [5.41, 5.74) is 0. The van der Waals surface area contributed by atoms with Gasteiger partial charge in [0.1, 0.15) is 7.82 Å². The molecule has 0 radical (unpaired) electrons. The molecule has 138 valence electrons. The monoisotopic (exact) mass is 424 g/mol. The molecule has 0 saturated carbocycles. The fourth-order valence-electron chi connectivity index (χ4n) is 2.64. The third-order valence-electron chi connectivity index (χ3n) is 4.01. The smallest absolute Gasteiger partial charge is 0.780 e. The molecule has 0 aromatic carbocycles. The number of phosphoric acid groups is 1. The zero-order chi connectivity index (χ0) is 17.2. The molecular formula is C18H35K2O4P. The molecule has 0 rings (SSSR count). The molecule has 0 aromatic heterocycles. The van der Waals surface area contributed by atoms with E-state index in [4.69, 9.17) is 0 Å². The summed E-state index contributed by atoms with van der Waals surface area (Å²) < 4.78 is 14.2. The standard InChI is InChI=1S/C18H37O4P.2K/c1-2-3-4-5-6-7-8-9-10-11-12-13-14-15-16-17-18-22-23(19,20)21;;/h17-18H,2-16H2,1H3,(H2,19,20,21);;/q;2*+1/p-2. The van der Waals surface area contributed by atoms with Gasteiger partial charge < -0.3 is 18.9 Å². The number of phosphoric ester groups is 1. The van der Waals surface area contributed by atoms with Gasteiger partial charge >= 0.3 is 103 Å². The van der Waals surface area contributed by atoms with Gasteiger partial charge in [-0.05, 0) is 18.9 Å². The average Bonchev–Trinajstić information content (AvgIpc) is 2.49. The van der Waals surface area contributed by atoms with Gasteiger partial charge in [-0.1, -0.05) is 90.4 Å². The average molecular weight is 425 g/mol. The topological polar surface area (TPSA) is 72.4 Å². The molecule has 0 aliphatic heterocycles. The van der Waals surface area contributed by atoms with Gasteiger partial charge in [-0.25, -0.2) is 0 Å². The minimum atomic E-state index is -4.84. The minimum absolute atomic E-state index is 0. The van der Waals surface area contributed by atoms with Crippen molar-refractivity contribution >= 4 is 7.82 Å². The van der Waals surface area contributed by atoms with E-state index in [1.54, 1.807) is 6.08 Å². The van der Waals surface area contributed by atoms with Crippen LogP contribution in [0.5, 0.6) is 0 Å². The summed E-state index contributed by atoms with van der Waals surface area (Å²) in [6, 6.07) is 0. The first-order valence-electron chi connectivity index (χ1n) is 9.41. The van der Waals surface area contributed by atoms with Crippen LogP contribution in [0, 0.1) is 0 Å². The molecule has 0 spiro atoms. The van der Waals surface area contributed by atoms with Crippen LogP contribution in [0.3, 0.4) is 0 Å². The SMILES string of the molecule is CCCCCCCCCCCCCCCCC=COP(=O)([O-])[O-].[K+].[K+]. The normalized spacial score (nSPS) is 11.2. The number of unbranched alkanes of at least 4 members (excludes halogenated alkanes) is 14. The Morgan fingerprint density at radius 2 is 1.08 bits per heavy atom. The first-order chi connectivity index (χ1) is 11.1. The van der Waals surface area contributed by atoms with Crippen LogP contribution < -0.4 is 113 Å². The summed E-state index contributed by atoms with van der Waals surface area (Å²) in [6.07, 6.45) is 21.8. The minimum Gasteiger partial charge on any atom is -0.780 e. The maximum Gasteiger partial charge on any atom is 1.00 e. The Kier molecular flexibility index (Phi) is 32.6. The molecule has 0 N–H and O–H groups in total. The van der Waals surface area contributed by atoms with Crippen LogP contribution in [0.15, 0.2) is 12.3 Å². The number of hydrogen-bond acceptors (Lipinski definition) is 4. The molecule has 7 heteroatoms. The van der Waals surface area contributed by atoms with Crippen molar-refractivity contribution in [2.24, 2.45) is 0 Å². The van der Waals surface area contributed by atoms with Crippen molar-refractivity contribution in [1.82, 2.24) is 0 Å². The van der Waals surface area contributed by atoms with E-state index < -0.39 is 7.82 Å². The molecular weight excluding hydrogens is 389 g/mol. The number of rotatable bonds is 17. The summed E-state index contributed by atoms with van der Waals surface area (Å²) in [5.74, 6) is 0. The van der Waals surface area contributed by atoms with Gasteiger partial charge in [0, 0.05) is 0 Å². The van der Waals surface area contributed by atoms with Crippen LogP contribution in [0.4, 0.5) is 0 Å². The third kappa shape index (κ3) is 31.9. The van der Waals surface area contributed by atoms with Gasteiger partial charge in [-0.2, -0.15) is 0 Å². The van der Waals surface area contributed by atoms with E-state index in [2.05, 4.69) is 11.4 Å². The molecule has 0 aliphatic rings. The van der Waals surface area contributed by atoms with Gasteiger partial charge in [0.15, 0.2) is 0 Å². The van der Waals surface area contributed by atoms with Crippen molar-refractivity contribution in [3.05, 3.63) is 12.3 Å². The fraction of sp³-hybridized carbons (Fsp3) is 0.889. The van der Waals surface area contributed by atoms with Crippen LogP contribution in [0.25, 0.3) is 0 Å². The van der Waals surface area contributed by atoms with Crippen molar-refractivity contribution in [3.63, 3.8) is 0 Å². The maximum atomic E-state index is 10.2. The van der Waals surface area contributed by atoms with Gasteiger partial charge in [0.25, 0.3) is 0 Å². The third-order valence-corrected chi connectivity index (χ3v) is 4.39. The van der Waals surface area contributed by atoms with E-state index in [1.807, 2.05) is 0 Å². The molecule has 0 bridgehead atoms. The summed E-state index contributed by atoms with van der Waals surface area (Å²) in [6.45, 7) is 2.26. The number of allylic oxidation sites excluding steroid dienone is 1. The van der Waals surface area contributed by atoms with E-state index in [9.17, 15) is 14.4 Å². The molecule has 0 amide bonds. The van der Waals surface area contributed by atoms with E-state index in [-0.39, 0.29) is 103 Å². The Hall–Kier alpha value is 2.96. The molecule has 4 nitrogen and oxygen atoms in total. The molecule has 25 heavy (non-hydrogen) atoms. The Morgan fingerprint density at radius 3 is 1.44 bits per heavy atom. The van der Waals surface area contributed by atoms with Gasteiger partial charge in [-0.3, -0.25) is 0 Å². The molecule has 0 heterocycles. The second-order valence-corrected chi connectivity index (χ2v) is 7.41. The second-order valence-electron chi connectivity index (χ2n) is 6.31. The first-order valence-corrected chi connectivity index (χ1v) is 10.9. The zero-order valence-corrected chi connectivity index (χ0v) is 24.0. The van der Waals surface area contributed by atoms with Crippen LogP contribution in [-0.4, -0.2) is 0 Å². The van der Waals surface area contributed by atoms with E-state index >= 15 is 0 Å². The Labute approximate surface area is 240 Å². The van der Waals surface area contributed by atoms with Crippen molar-refractivity contribution < 1.29 is 122 Å². The Bertz CT molecular complexity index is 322. The van der Waals surface area contributed by atoms with Gasteiger partial charge in [0.05, 0.1) is 6.26 Å². The van der Waals surface area contributed by atoms with E-state index in [1.165, 1.54) is 77.0 Å². The van der Waals surface area contributed by atoms with E-state index in [0.717, 1.165) is 25.5 Å². The van der Waals surface area contributed by atoms with Gasteiger partial charge in [0.2, 0.25) is 0 Å². The quantitative estimate of drug-likeness (QED) is 0.133. The summed E-state index contributed by atoms with van der Waals surface area (Å²) in [7, 11) is -4.84. The molecule has 0 atom stereocenters. The molecule has 0 fully saturated rings. The molecule has 0 unspecified atom stereocenters. The second kappa shape index (κ2) is 25.0. The molecule has 0 aromatic rings. The van der Waals surface area contributed by atoms with Crippen LogP contribution in [0.2, 0.25) is 0 Å². The summed E-state index contributed by atoms with van der Waals surface area (Å²) >= 11 is 0. The Balaban J connectivity index is -0.00000242. The molecule has 0 aliphatic carbocycles. The fourth-order valence-corrected chi connectivity index (χ4v) is 2.88. The van der Waals surface area contributed by atoms with Crippen molar-refractivity contribution in [1.29, 1.82) is 0 Å². The zero-order valence-electron chi connectivity index (χ0n) is 16.8. The largest absolute Gasteiger partial charge is 1.00 e. The van der Waals surface area contributed by atoms with Crippen LogP contribution in [0.1, 0.15) is 103 Å². The van der Waals surface area contributed by atoms with Crippen LogP contribution in [-0.2, 0) is 9.09 Å². The van der Waals surface area contributed by atoms with Crippen molar-refractivity contribution in [2.45, 2.75) is 103 Å². The summed E-state index contributed by atoms with van der Waals surface area (Å²) in [4.78, 5) is 20.4. The Morgan fingerprint density at radius 1 is 0.720 bits per heavy atom. The predicted molar refractivity (Wildman–Crippen MR) is 92.8 cm³/mol. The van der Waals surface area contributed by atoms with E-state index in [0.29, 0.717) is 0 Å². The van der Waals surface area contributed by atoms with Crippen molar-refractivity contribution in [3.8, 4) is 0 Å². The first kappa shape index (κ1) is 32.6. The molecule has 0 saturated heterocycles. The predicted octanol–water partition coefficient (Wildman–Crippen LogP) is -0.775. The van der Waals surface area contributed by atoms with Gasteiger partial charge in [-0.15, -0.1) is 0 Å². The van der Waals surface area contributed by atoms with Crippen molar-refractivity contribution in [2.75, 3.05) is 0 Å². The number of hydrogen-bond donors (Lipinski definition) is 0.